The fourth-order valence-corrected chi connectivity index (χ4v) is 4.97. The Bertz CT molecular complexity index is 652. The van der Waals surface area contributed by atoms with E-state index in [0.717, 1.165) is 47.3 Å². The van der Waals surface area contributed by atoms with Crippen molar-refractivity contribution in [3.63, 3.8) is 0 Å². The van der Waals surface area contributed by atoms with Gasteiger partial charge >= 0.3 is 0 Å². The van der Waals surface area contributed by atoms with Gasteiger partial charge in [0.2, 0.25) is 0 Å². The molecule has 1 fully saturated rings. The number of H-pyrrole nitrogens is 1. The minimum atomic E-state index is 0.243. The van der Waals surface area contributed by atoms with Gasteiger partial charge in [-0.15, -0.1) is 0 Å². The second-order valence-electron chi connectivity index (χ2n) is 7.81. The van der Waals surface area contributed by atoms with Crippen LogP contribution in [0, 0.1) is 30.6 Å². The third kappa shape index (κ3) is 3.90. The van der Waals surface area contributed by atoms with Crippen molar-refractivity contribution >= 4 is 15.9 Å². The van der Waals surface area contributed by atoms with Crippen LogP contribution >= 0.6 is 15.9 Å². The molecule has 3 rings (SSSR count). The van der Waals surface area contributed by atoms with E-state index in [9.17, 15) is 0 Å². The van der Waals surface area contributed by atoms with Crippen molar-refractivity contribution in [3.05, 3.63) is 35.7 Å². The largest absolute Gasteiger partial charge is 0.262 e. The average molecular weight is 390 g/mol. The standard InChI is InChI=1S/C20H28BrN3/c1-12-5-7-16(8-6-12)19-22-20(24-23-19)18(21)11-17-14(3)9-13(2)10-15(17)4/h5-8,13-15,17-18H,9-11H2,1-4H3,(H,22,23,24). The van der Waals surface area contributed by atoms with Crippen molar-refractivity contribution in [2.75, 3.05) is 0 Å². The monoisotopic (exact) mass is 389 g/mol. The second-order valence-corrected chi connectivity index (χ2v) is 8.91. The summed E-state index contributed by atoms with van der Waals surface area (Å²) in [5.74, 6) is 4.90. The zero-order valence-electron chi connectivity index (χ0n) is 15.1. The molecule has 0 amide bonds. The smallest absolute Gasteiger partial charge is 0.181 e. The van der Waals surface area contributed by atoms with E-state index in [4.69, 9.17) is 4.98 Å². The molecule has 1 aromatic heterocycles. The number of aryl methyl sites for hydroxylation is 1. The lowest BCUT2D eigenvalue weighted by molar-refractivity contribution is 0.127. The van der Waals surface area contributed by atoms with Gasteiger partial charge in [-0.05, 0) is 49.9 Å². The molecule has 0 radical (unpaired) electrons. The third-order valence-electron chi connectivity index (χ3n) is 5.60. The summed E-state index contributed by atoms with van der Waals surface area (Å²) >= 11 is 3.86. The number of rotatable bonds is 4. The predicted molar refractivity (Wildman–Crippen MR) is 103 cm³/mol. The van der Waals surface area contributed by atoms with Crippen LogP contribution in [-0.4, -0.2) is 15.2 Å². The topological polar surface area (TPSA) is 41.6 Å². The maximum atomic E-state index is 4.73. The number of halogens is 1. The van der Waals surface area contributed by atoms with Crippen molar-refractivity contribution < 1.29 is 0 Å². The minimum Gasteiger partial charge on any atom is -0.262 e. The molecule has 130 valence electrons. The molecule has 3 atom stereocenters. The van der Waals surface area contributed by atoms with Gasteiger partial charge in [0.15, 0.2) is 5.82 Å². The van der Waals surface area contributed by atoms with E-state index >= 15 is 0 Å². The van der Waals surface area contributed by atoms with Crippen LogP contribution in [0.4, 0.5) is 0 Å². The number of nitrogens with one attached hydrogen (secondary N) is 1. The maximum Gasteiger partial charge on any atom is 0.181 e. The summed E-state index contributed by atoms with van der Waals surface area (Å²) in [4.78, 5) is 4.97. The van der Waals surface area contributed by atoms with Gasteiger partial charge in [-0.3, -0.25) is 5.10 Å². The molecule has 2 aromatic rings. The lowest BCUT2D eigenvalue weighted by atomic mass is 9.68. The molecule has 1 N–H and O–H groups in total. The number of hydrogen-bond donors (Lipinski definition) is 1. The number of aromatic nitrogens is 3. The van der Waals surface area contributed by atoms with Crippen LogP contribution in [0.2, 0.25) is 0 Å². The summed E-state index contributed by atoms with van der Waals surface area (Å²) in [5, 5.41) is 7.55. The van der Waals surface area contributed by atoms with Crippen molar-refractivity contribution in [2.24, 2.45) is 23.7 Å². The summed E-state index contributed by atoms with van der Waals surface area (Å²) in [6.07, 6.45) is 3.82. The highest BCUT2D eigenvalue weighted by atomic mass is 79.9. The summed E-state index contributed by atoms with van der Waals surface area (Å²) in [5.41, 5.74) is 2.32. The van der Waals surface area contributed by atoms with Gasteiger partial charge in [0.25, 0.3) is 0 Å². The van der Waals surface area contributed by atoms with E-state index in [-0.39, 0.29) is 4.83 Å². The molecule has 0 spiro atoms. The molecule has 1 saturated carbocycles. The van der Waals surface area contributed by atoms with Crippen LogP contribution in [-0.2, 0) is 0 Å². The Balaban J connectivity index is 1.69. The fourth-order valence-electron chi connectivity index (χ4n) is 4.34. The molecule has 0 saturated heterocycles. The Morgan fingerprint density at radius 1 is 1.12 bits per heavy atom. The van der Waals surface area contributed by atoms with Crippen LogP contribution in [0.25, 0.3) is 11.4 Å². The number of alkyl halides is 1. The van der Waals surface area contributed by atoms with Gasteiger partial charge < -0.3 is 0 Å². The lowest BCUT2D eigenvalue weighted by Gasteiger charge is -2.38. The van der Waals surface area contributed by atoms with Gasteiger partial charge in [0.05, 0.1) is 4.83 Å². The van der Waals surface area contributed by atoms with Crippen LogP contribution in [0.1, 0.15) is 56.2 Å². The molecule has 1 aliphatic carbocycles. The van der Waals surface area contributed by atoms with E-state index in [1.54, 1.807) is 0 Å². The normalized spacial score (nSPS) is 28.7. The summed E-state index contributed by atoms with van der Waals surface area (Å²) in [6, 6.07) is 8.36. The van der Waals surface area contributed by atoms with E-state index in [0.29, 0.717) is 0 Å². The third-order valence-corrected chi connectivity index (χ3v) is 6.41. The van der Waals surface area contributed by atoms with Crippen LogP contribution < -0.4 is 0 Å². The van der Waals surface area contributed by atoms with Crippen LogP contribution in [0.15, 0.2) is 24.3 Å². The molecule has 1 aliphatic rings. The summed E-state index contributed by atoms with van der Waals surface area (Å²) in [6.45, 7) is 9.30. The SMILES string of the molecule is Cc1ccc(-c2n[nH]c(C(Br)CC3C(C)CC(C)CC3C)n2)cc1. The number of benzene rings is 1. The maximum absolute atomic E-state index is 4.73. The van der Waals surface area contributed by atoms with E-state index in [1.807, 2.05) is 0 Å². The van der Waals surface area contributed by atoms with Gasteiger partial charge in [-0.1, -0.05) is 66.5 Å². The highest BCUT2D eigenvalue weighted by Gasteiger charge is 2.33. The zero-order valence-corrected chi connectivity index (χ0v) is 16.7. The molecular weight excluding hydrogens is 362 g/mol. The van der Waals surface area contributed by atoms with E-state index in [2.05, 4.69) is 78.1 Å². The zero-order chi connectivity index (χ0) is 17.3. The molecule has 3 unspecified atom stereocenters. The Labute approximate surface area is 153 Å². The minimum absolute atomic E-state index is 0.243. The van der Waals surface area contributed by atoms with Crippen LogP contribution in [0.5, 0.6) is 0 Å². The fraction of sp³-hybridized carbons (Fsp3) is 0.600. The molecule has 24 heavy (non-hydrogen) atoms. The average Bonchev–Trinajstić information content (AvgIpc) is 3.01. The highest BCUT2D eigenvalue weighted by molar-refractivity contribution is 9.09. The first-order valence-electron chi connectivity index (χ1n) is 9.07. The van der Waals surface area contributed by atoms with E-state index < -0.39 is 0 Å². The molecule has 1 heterocycles. The summed E-state index contributed by atoms with van der Waals surface area (Å²) in [7, 11) is 0. The van der Waals surface area contributed by atoms with Gasteiger partial charge in [-0.25, -0.2) is 4.98 Å². The van der Waals surface area contributed by atoms with E-state index in [1.165, 1.54) is 18.4 Å². The highest BCUT2D eigenvalue weighted by Crippen LogP contribution is 2.43. The first kappa shape index (κ1) is 17.7. The molecule has 1 aromatic carbocycles. The molecular formula is C20H28BrN3. The van der Waals surface area contributed by atoms with Gasteiger partial charge in [-0.2, -0.15) is 5.10 Å². The Morgan fingerprint density at radius 3 is 2.38 bits per heavy atom. The lowest BCUT2D eigenvalue weighted by Crippen LogP contribution is -2.29. The second kappa shape index (κ2) is 7.38. The Hall–Kier alpha value is -1.16. The van der Waals surface area contributed by atoms with Gasteiger partial charge in [0.1, 0.15) is 5.82 Å². The summed E-state index contributed by atoms with van der Waals surface area (Å²) < 4.78 is 0. The Morgan fingerprint density at radius 2 is 1.75 bits per heavy atom. The molecule has 3 nitrogen and oxygen atoms in total. The first-order chi connectivity index (χ1) is 11.4. The number of hydrogen-bond acceptors (Lipinski definition) is 2. The van der Waals surface area contributed by atoms with Crippen molar-refractivity contribution in [1.29, 1.82) is 0 Å². The quantitative estimate of drug-likeness (QED) is 0.658. The van der Waals surface area contributed by atoms with Crippen molar-refractivity contribution in [1.82, 2.24) is 15.2 Å². The first-order valence-corrected chi connectivity index (χ1v) is 9.99. The van der Waals surface area contributed by atoms with Gasteiger partial charge in [0, 0.05) is 5.56 Å². The molecule has 0 bridgehead atoms. The number of aromatic amines is 1. The van der Waals surface area contributed by atoms with Crippen molar-refractivity contribution in [2.45, 2.75) is 51.8 Å². The Kier molecular flexibility index (Phi) is 5.43. The van der Waals surface area contributed by atoms with Crippen molar-refractivity contribution in [3.8, 4) is 11.4 Å². The number of nitrogens with zero attached hydrogens (tertiary/aromatic N) is 2. The molecule has 4 heteroatoms. The molecule has 0 aliphatic heterocycles. The predicted octanol–water partition coefficient (Wildman–Crippen LogP) is 5.92. The van der Waals surface area contributed by atoms with Crippen LogP contribution in [0.3, 0.4) is 0 Å².